The Hall–Kier alpha value is -5.02. The molecule has 10 aliphatic rings. The molecule has 8 atom stereocenters. The van der Waals surface area contributed by atoms with E-state index in [0.717, 1.165) is 147 Å². The fraction of sp³-hybridized carbons (Fsp3) is 0.677. The molecule has 2 N–H and O–H groups in total. The maximum Gasteiger partial charge on any atom is 0.307 e. The number of hydrazine groups is 1. The lowest BCUT2D eigenvalue weighted by atomic mass is 9.72. The second-order valence-electron chi connectivity index (χ2n) is 26.8. The van der Waals surface area contributed by atoms with Crippen LogP contribution in [0.1, 0.15) is 109 Å². The maximum absolute atomic E-state index is 15.2. The summed E-state index contributed by atoms with van der Waals surface area (Å²) < 4.78 is 20.3. The molecule has 8 aliphatic heterocycles. The number of fused-ring (bicyclic) bond motifs is 4. The minimum Gasteiger partial charge on any atom is -0.465 e. The van der Waals surface area contributed by atoms with E-state index in [0.29, 0.717) is 31.0 Å². The summed E-state index contributed by atoms with van der Waals surface area (Å²) in [6.45, 7) is 22.1. The number of likely N-dealkylation sites (tertiary alicyclic amines) is 2. The quantitative estimate of drug-likeness (QED) is 0.122. The molecule has 3 amide bonds. The molecule has 2 saturated carbocycles. The molecule has 0 radical (unpaired) electrons. The van der Waals surface area contributed by atoms with Gasteiger partial charge < -0.3 is 33.9 Å². The molecule has 19 heteroatoms. The van der Waals surface area contributed by atoms with Crippen molar-refractivity contribution >= 4 is 51.6 Å². The number of benzene rings is 1. The molecule has 1 unspecified atom stereocenters. The van der Waals surface area contributed by atoms with Crippen LogP contribution in [0.2, 0.25) is 0 Å². The van der Waals surface area contributed by atoms with Gasteiger partial charge in [-0.25, -0.2) is 10.4 Å². The number of aryl methyl sites for hydroxylation is 1. The number of nitrogens with zero attached hydrogens (tertiary/aromatic N) is 9. The lowest BCUT2D eigenvalue weighted by Gasteiger charge is -2.54. The first-order valence-corrected chi connectivity index (χ1v) is 31.4. The van der Waals surface area contributed by atoms with E-state index in [1.165, 1.54) is 24.2 Å². The third kappa shape index (κ3) is 10.4. The molecule has 4 aromatic rings. The van der Waals surface area contributed by atoms with Gasteiger partial charge in [-0.2, -0.15) is 0 Å². The summed E-state index contributed by atoms with van der Waals surface area (Å²) in [4.78, 5) is 80.4. The molecule has 11 heterocycles. The second-order valence-corrected chi connectivity index (χ2v) is 27.7. The van der Waals surface area contributed by atoms with E-state index >= 15 is 9.59 Å². The Morgan fingerprint density at radius 1 is 0.963 bits per heavy atom. The van der Waals surface area contributed by atoms with Gasteiger partial charge >= 0.3 is 5.97 Å². The highest BCUT2D eigenvalue weighted by atomic mass is 32.1. The van der Waals surface area contributed by atoms with Crippen molar-refractivity contribution in [3.63, 3.8) is 0 Å². The number of carbonyl (C=O) groups excluding carboxylic acids is 4. The number of cyclic esters (lactones) is 1. The Bertz CT molecular complexity index is 3070. The van der Waals surface area contributed by atoms with Gasteiger partial charge in [0.25, 0.3) is 5.91 Å². The molecule has 8 bridgehead atoms. The summed E-state index contributed by atoms with van der Waals surface area (Å²) >= 11 is 1.52. The molecule has 3 aromatic heterocycles. The van der Waals surface area contributed by atoms with Crippen molar-refractivity contribution in [2.75, 3.05) is 91.2 Å². The van der Waals surface area contributed by atoms with E-state index in [1.807, 2.05) is 6.20 Å². The van der Waals surface area contributed by atoms with Gasteiger partial charge in [-0.1, -0.05) is 33.8 Å². The summed E-state index contributed by atoms with van der Waals surface area (Å²) in [6.07, 6.45) is 8.56. The van der Waals surface area contributed by atoms with E-state index in [-0.39, 0.29) is 84.6 Å². The standard InChI is InChI=1S/C62H85N11O7S/c1-9-72-50-13-12-39-24-44(50)46(56(72)45-25-42(29-63-53(45)37(4)78-8)68-18-20-69(21-19-68)43-30-79-31-43)28-61(5,6)35-80-52(74)27-47-40-22-41(23-40)73(66-47)59(76)48(26-51-64-49(39)32-81-51)65-58(75)54(36(2)3)70-16-14-62(33-70)15-17-71(34-62)60(77)57-55(67(57)7)38-10-11-38/h12-13,24-25,29,32,36-38,40-41,43,47-48,54-55,57,66H,9-11,14-23,26-28,30-31,33-35H2,1-8H3,(H,65,75)/t37-,40?,41?,47+,48-,54-,55+,57+,62-,67?/m0/s1. The number of rotatable bonds is 12. The smallest absolute Gasteiger partial charge is 0.307 e. The van der Waals surface area contributed by atoms with Crippen LogP contribution < -0.4 is 15.6 Å². The number of ether oxygens (including phenoxy) is 3. The normalized spacial score (nSPS) is 30.7. The molecule has 14 rings (SSSR count). The van der Waals surface area contributed by atoms with Gasteiger partial charge in [0.1, 0.15) is 12.1 Å². The van der Waals surface area contributed by atoms with Crippen LogP contribution in [0.25, 0.3) is 33.4 Å². The van der Waals surface area contributed by atoms with Crippen molar-refractivity contribution in [3.05, 3.63) is 52.1 Å². The van der Waals surface area contributed by atoms with Gasteiger partial charge in [0.2, 0.25) is 11.8 Å². The van der Waals surface area contributed by atoms with E-state index in [2.05, 4.69) is 118 Å². The van der Waals surface area contributed by atoms with Gasteiger partial charge in [-0.15, -0.1) is 11.3 Å². The number of aromatic nitrogens is 3. The number of anilines is 1. The minimum atomic E-state index is -0.909. The first kappa shape index (κ1) is 55.2. The molecule has 1 spiro atoms. The van der Waals surface area contributed by atoms with E-state index in [4.69, 9.17) is 24.2 Å². The van der Waals surface area contributed by atoms with Crippen molar-refractivity contribution in [1.29, 1.82) is 0 Å². The molecule has 81 heavy (non-hydrogen) atoms. The summed E-state index contributed by atoms with van der Waals surface area (Å²) in [6, 6.07) is 8.16. The number of amides is 3. The van der Waals surface area contributed by atoms with E-state index < -0.39 is 17.5 Å². The first-order valence-electron chi connectivity index (χ1n) is 30.5. The second kappa shape index (κ2) is 21.6. The van der Waals surface area contributed by atoms with Gasteiger partial charge in [-0.3, -0.25) is 43.9 Å². The average molecular weight is 1130 g/mol. The highest BCUT2D eigenvalue weighted by Crippen LogP contribution is 2.49. The highest BCUT2D eigenvalue weighted by molar-refractivity contribution is 7.10. The number of hydrogen-bond acceptors (Lipinski definition) is 15. The van der Waals surface area contributed by atoms with Gasteiger partial charge in [0.05, 0.1) is 78.4 Å². The lowest BCUT2D eigenvalue weighted by Crippen LogP contribution is -2.70. The Balaban J connectivity index is 0.817. The van der Waals surface area contributed by atoms with Crippen molar-refractivity contribution in [2.45, 2.75) is 154 Å². The van der Waals surface area contributed by atoms with Crippen LogP contribution >= 0.6 is 11.3 Å². The number of nitrogens with one attached hydrogen (secondary N) is 2. The van der Waals surface area contributed by atoms with Crippen molar-refractivity contribution in [1.82, 2.24) is 49.9 Å². The number of piperazine rings is 1. The number of methoxy groups -OCH3 is 1. The third-order valence-electron chi connectivity index (χ3n) is 20.3. The van der Waals surface area contributed by atoms with Gasteiger partial charge in [-0.05, 0) is 114 Å². The number of thiazole rings is 1. The zero-order chi connectivity index (χ0) is 56.2. The zero-order valence-corrected chi connectivity index (χ0v) is 49.8. The summed E-state index contributed by atoms with van der Waals surface area (Å²) in [5.41, 5.74) is 11.0. The molecule has 1 aromatic carbocycles. The fourth-order valence-corrected chi connectivity index (χ4v) is 16.1. The summed E-state index contributed by atoms with van der Waals surface area (Å²) in [5, 5.41) is 8.99. The molecular formula is C62H85N11O7S. The van der Waals surface area contributed by atoms with Crippen LogP contribution in [0, 0.1) is 28.6 Å². The Labute approximate surface area is 481 Å². The van der Waals surface area contributed by atoms with Crippen LogP contribution in [0.15, 0.2) is 35.8 Å². The van der Waals surface area contributed by atoms with Crippen LogP contribution in [0.5, 0.6) is 0 Å². The van der Waals surface area contributed by atoms with E-state index in [9.17, 15) is 9.59 Å². The molecule has 18 nitrogen and oxygen atoms in total. The van der Waals surface area contributed by atoms with Crippen LogP contribution in [0.4, 0.5) is 5.69 Å². The van der Waals surface area contributed by atoms with Crippen LogP contribution in [-0.2, 0) is 52.8 Å². The highest BCUT2D eigenvalue weighted by Gasteiger charge is 2.59. The lowest BCUT2D eigenvalue weighted by molar-refractivity contribution is -0.161. The number of likely N-dealkylation sites (N-methyl/N-ethyl adjacent to an activating group) is 1. The first-order chi connectivity index (χ1) is 39.0. The largest absolute Gasteiger partial charge is 0.465 e. The monoisotopic (exact) mass is 1130 g/mol. The Morgan fingerprint density at radius 2 is 1.74 bits per heavy atom. The molecule has 436 valence electrons. The molecule has 9 fully saturated rings. The maximum atomic E-state index is 15.2. The number of carbonyl (C=O) groups is 4. The van der Waals surface area contributed by atoms with E-state index in [1.54, 1.807) is 12.1 Å². The number of hydrogen-bond donors (Lipinski definition) is 2. The minimum absolute atomic E-state index is 0.0182. The number of pyridine rings is 1. The third-order valence-corrected chi connectivity index (χ3v) is 21.2. The predicted molar refractivity (Wildman–Crippen MR) is 311 cm³/mol. The van der Waals surface area contributed by atoms with Gasteiger partial charge in [0, 0.05) is 122 Å². The van der Waals surface area contributed by atoms with Crippen molar-refractivity contribution in [2.24, 2.45) is 28.6 Å². The summed E-state index contributed by atoms with van der Waals surface area (Å²) in [7, 11) is 3.83. The SMILES string of the molecule is CCn1c(-c2cc(N3CCN(C4COC4)CC3)cnc2[C@H](C)OC)c2c3cc(ccc31)-c1csc(n1)C[C@H](NC(=O)[C@H](C(C)C)N1CC[C@]3(CCN(C(=O)[C@H]4[C@@H](C5CC5)N4C)C3)C1)C(=O)N1N[C@H](CC(=O)OCC(C)(C)C2)C2CC1C2. The fourth-order valence-electron chi connectivity index (χ4n) is 15.3. The Kier molecular flexibility index (Phi) is 14.7. The zero-order valence-electron chi connectivity index (χ0n) is 49.0. The van der Waals surface area contributed by atoms with Crippen molar-refractivity contribution < 1.29 is 33.4 Å². The molecular weight excluding hydrogens is 1040 g/mol. The van der Waals surface area contributed by atoms with Crippen LogP contribution in [-0.4, -0.2) is 191 Å². The topological polar surface area (TPSA) is 170 Å². The molecule has 2 aliphatic carbocycles. The predicted octanol–water partition coefficient (Wildman–Crippen LogP) is 6.15. The molecule has 7 saturated heterocycles. The van der Waals surface area contributed by atoms with Crippen molar-refractivity contribution in [3.8, 4) is 22.5 Å². The van der Waals surface area contributed by atoms with Crippen LogP contribution in [0.3, 0.4) is 0 Å². The number of esters is 1. The average Bonchev–Trinajstić information content (AvgIpc) is 3.90. The Morgan fingerprint density at radius 3 is 2.46 bits per heavy atom. The van der Waals surface area contributed by atoms with Gasteiger partial charge in [0.15, 0.2) is 0 Å². The summed E-state index contributed by atoms with van der Waals surface area (Å²) in [5.74, 6) is 0.464.